The Morgan fingerprint density at radius 1 is 1.00 bits per heavy atom. The van der Waals surface area contributed by atoms with E-state index >= 15 is 0 Å². The van der Waals surface area contributed by atoms with Gasteiger partial charge in [0.05, 0.1) is 0 Å². The minimum Gasteiger partial charge on any atom is -0.353 e. The molecular formula is C17H20ClN5. The van der Waals surface area contributed by atoms with Crippen molar-refractivity contribution >= 4 is 23.2 Å². The highest BCUT2D eigenvalue weighted by atomic mass is 35.5. The van der Waals surface area contributed by atoms with Crippen LogP contribution in [0, 0.1) is 6.92 Å². The maximum atomic E-state index is 6.18. The second kappa shape index (κ2) is 5.96. The molecule has 0 spiro atoms. The van der Waals surface area contributed by atoms with Gasteiger partial charge in [-0.05, 0) is 37.5 Å². The van der Waals surface area contributed by atoms with Crippen LogP contribution >= 0.6 is 11.6 Å². The first kappa shape index (κ1) is 14.7. The normalized spacial score (nSPS) is 18.3. The van der Waals surface area contributed by atoms with Gasteiger partial charge in [0, 0.05) is 44.4 Å². The maximum Gasteiger partial charge on any atom is 0.135 e. The van der Waals surface area contributed by atoms with E-state index < -0.39 is 0 Å². The maximum absolute atomic E-state index is 6.18. The Kier molecular flexibility index (Phi) is 3.81. The smallest absolute Gasteiger partial charge is 0.135 e. The van der Waals surface area contributed by atoms with Crippen LogP contribution in [0.3, 0.4) is 0 Å². The average molecular weight is 330 g/mol. The van der Waals surface area contributed by atoms with Crippen molar-refractivity contribution < 1.29 is 0 Å². The monoisotopic (exact) mass is 329 g/mol. The zero-order chi connectivity index (χ0) is 15.8. The van der Waals surface area contributed by atoms with E-state index in [-0.39, 0.29) is 0 Å². The highest BCUT2D eigenvalue weighted by molar-refractivity contribution is 6.29. The Morgan fingerprint density at radius 3 is 2.35 bits per heavy atom. The van der Waals surface area contributed by atoms with Crippen molar-refractivity contribution in [3.63, 3.8) is 0 Å². The number of piperazine rings is 1. The third-order valence-electron chi connectivity index (χ3n) is 4.47. The van der Waals surface area contributed by atoms with Gasteiger partial charge in [0.1, 0.15) is 22.6 Å². The number of pyridine rings is 1. The zero-order valence-corrected chi connectivity index (χ0v) is 14.0. The van der Waals surface area contributed by atoms with Crippen LogP contribution < -0.4 is 9.80 Å². The third kappa shape index (κ3) is 3.24. The zero-order valence-electron chi connectivity index (χ0n) is 13.2. The first-order chi connectivity index (χ1) is 11.2. The lowest BCUT2D eigenvalue weighted by atomic mass is 10.2. The fourth-order valence-electron chi connectivity index (χ4n) is 2.97. The molecule has 0 unspecified atom stereocenters. The van der Waals surface area contributed by atoms with E-state index in [1.165, 1.54) is 18.4 Å². The molecule has 0 aromatic carbocycles. The van der Waals surface area contributed by atoms with Crippen molar-refractivity contribution in [3.8, 4) is 0 Å². The lowest BCUT2D eigenvalue weighted by molar-refractivity contribution is 0.639. The Morgan fingerprint density at radius 2 is 1.70 bits per heavy atom. The van der Waals surface area contributed by atoms with Gasteiger partial charge in [-0.15, -0.1) is 0 Å². The van der Waals surface area contributed by atoms with Crippen molar-refractivity contribution in [2.24, 2.45) is 0 Å². The minimum absolute atomic E-state index is 0.519. The van der Waals surface area contributed by atoms with E-state index in [1.807, 2.05) is 18.3 Å². The van der Waals surface area contributed by atoms with Crippen molar-refractivity contribution in [1.29, 1.82) is 0 Å². The molecule has 2 aromatic rings. The van der Waals surface area contributed by atoms with Crippen molar-refractivity contribution in [2.75, 3.05) is 36.0 Å². The van der Waals surface area contributed by atoms with E-state index in [4.69, 9.17) is 16.6 Å². The molecule has 0 amide bonds. The first-order valence-corrected chi connectivity index (χ1v) is 8.54. The molecule has 2 fully saturated rings. The number of aryl methyl sites for hydroxylation is 1. The molecule has 1 aliphatic carbocycles. The van der Waals surface area contributed by atoms with Gasteiger partial charge in [0.15, 0.2) is 0 Å². The Labute approximate surface area is 141 Å². The van der Waals surface area contributed by atoms with E-state index in [1.54, 1.807) is 0 Å². The molecule has 3 heterocycles. The van der Waals surface area contributed by atoms with Gasteiger partial charge < -0.3 is 9.80 Å². The van der Waals surface area contributed by atoms with E-state index in [0.717, 1.165) is 43.6 Å². The lowest BCUT2D eigenvalue weighted by Crippen LogP contribution is -2.47. The third-order valence-corrected chi connectivity index (χ3v) is 4.66. The fraction of sp³-hybridized carbons (Fsp3) is 0.471. The topological polar surface area (TPSA) is 45.2 Å². The highest BCUT2D eigenvalue weighted by Gasteiger charge is 2.28. The number of hydrogen-bond acceptors (Lipinski definition) is 5. The van der Waals surface area contributed by atoms with Crippen LogP contribution in [0.5, 0.6) is 0 Å². The fourth-order valence-corrected chi connectivity index (χ4v) is 3.15. The summed E-state index contributed by atoms with van der Waals surface area (Å²) < 4.78 is 0. The summed E-state index contributed by atoms with van der Waals surface area (Å²) >= 11 is 6.18. The molecule has 23 heavy (non-hydrogen) atoms. The van der Waals surface area contributed by atoms with Crippen LogP contribution in [-0.4, -0.2) is 41.1 Å². The van der Waals surface area contributed by atoms with E-state index in [2.05, 4.69) is 32.8 Å². The van der Waals surface area contributed by atoms with Crippen molar-refractivity contribution in [2.45, 2.75) is 25.7 Å². The van der Waals surface area contributed by atoms with Crippen LogP contribution in [0.25, 0.3) is 0 Å². The number of nitrogens with zero attached hydrogens (tertiary/aromatic N) is 5. The van der Waals surface area contributed by atoms with Gasteiger partial charge in [-0.3, -0.25) is 0 Å². The molecule has 6 heteroatoms. The van der Waals surface area contributed by atoms with Crippen LogP contribution in [0.15, 0.2) is 24.4 Å². The second-order valence-electron chi connectivity index (χ2n) is 6.35. The molecule has 0 bridgehead atoms. The standard InChI is InChI=1S/C17H20ClN5/c1-12-4-5-19-15(10-12)22-6-8-23(9-7-22)16-11-14(18)20-17(21-16)13-2-3-13/h4-5,10-11,13H,2-3,6-9H2,1H3. The predicted octanol–water partition coefficient (Wildman–Crippen LogP) is 3.04. The summed E-state index contributed by atoms with van der Waals surface area (Å²) in [5.41, 5.74) is 1.24. The molecule has 5 nitrogen and oxygen atoms in total. The first-order valence-electron chi connectivity index (χ1n) is 8.16. The van der Waals surface area contributed by atoms with Crippen LogP contribution in [0.2, 0.25) is 5.15 Å². The predicted molar refractivity (Wildman–Crippen MR) is 92.4 cm³/mol. The van der Waals surface area contributed by atoms with Crippen LogP contribution in [-0.2, 0) is 0 Å². The average Bonchev–Trinajstić information content (AvgIpc) is 3.39. The molecule has 2 aromatic heterocycles. The molecule has 2 aliphatic rings. The molecule has 120 valence electrons. The highest BCUT2D eigenvalue weighted by Crippen LogP contribution is 2.39. The largest absolute Gasteiger partial charge is 0.353 e. The summed E-state index contributed by atoms with van der Waals surface area (Å²) in [5, 5.41) is 0.555. The molecular weight excluding hydrogens is 310 g/mol. The van der Waals surface area contributed by atoms with Crippen molar-refractivity contribution in [3.05, 3.63) is 40.9 Å². The Hall–Kier alpha value is -1.88. The molecule has 0 N–H and O–H groups in total. The van der Waals surface area contributed by atoms with E-state index in [9.17, 15) is 0 Å². The number of aromatic nitrogens is 3. The molecule has 0 atom stereocenters. The summed E-state index contributed by atoms with van der Waals surface area (Å²) in [7, 11) is 0. The Bertz CT molecular complexity index is 708. The minimum atomic E-state index is 0.519. The van der Waals surface area contributed by atoms with Gasteiger partial charge in [-0.2, -0.15) is 0 Å². The molecule has 1 saturated heterocycles. The quantitative estimate of drug-likeness (QED) is 0.810. The summed E-state index contributed by atoms with van der Waals surface area (Å²) in [5.74, 6) is 3.45. The van der Waals surface area contributed by atoms with Gasteiger partial charge in [0.25, 0.3) is 0 Å². The summed E-state index contributed by atoms with van der Waals surface area (Å²) in [6.45, 7) is 5.83. The van der Waals surface area contributed by atoms with Gasteiger partial charge in [0.2, 0.25) is 0 Å². The molecule has 1 aliphatic heterocycles. The summed E-state index contributed by atoms with van der Waals surface area (Å²) in [4.78, 5) is 18.2. The molecule has 4 rings (SSSR count). The van der Waals surface area contributed by atoms with Crippen LogP contribution in [0.1, 0.15) is 30.1 Å². The van der Waals surface area contributed by atoms with E-state index in [0.29, 0.717) is 11.1 Å². The van der Waals surface area contributed by atoms with Gasteiger partial charge in [-0.1, -0.05) is 11.6 Å². The van der Waals surface area contributed by atoms with Gasteiger partial charge in [-0.25, -0.2) is 15.0 Å². The molecule has 1 saturated carbocycles. The van der Waals surface area contributed by atoms with Crippen LogP contribution in [0.4, 0.5) is 11.6 Å². The second-order valence-corrected chi connectivity index (χ2v) is 6.73. The number of rotatable bonds is 3. The van der Waals surface area contributed by atoms with Crippen molar-refractivity contribution in [1.82, 2.24) is 15.0 Å². The Balaban J connectivity index is 1.47. The number of anilines is 2. The summed E-state index contributed by atoms with van der Waals surface area (Å²) in [6.07, 6.45) is 4.25. The molecule has 0 radical (unpaired) electrons. The summed E-state index contributed by atoms with van der Waals surface area (Å²) in [6, 6.07) is 6.05. The number of hydrogen-bond donors (Lipinski definition) is 0. The lowest BCUT2D eigenvalue weighted by Gasteiger charge is -2.36. The number of halogens is 1. The SMILES string of the molecule is Cc1ccnc(N2CCN(c3cc(Cl)nc(C4CC4)n3)CC2)c1. The van der Waals surface area contributed by atoms with Gasteiger partial charge >= 0.3 is 0 Å².